The third kappa shape index (κ3) is 6.41. The highest BCUT2D eigenvalue weighted by Crippen LogP contribution is 2.43. The summed E-state index contributed by atoms with van der Waals surface area (Å²) in [6, 6.07) is 48.1. The molecule has 0 radical (unpaired) electrons. The van der Waals surface area contributed by atoms with Gasteiger partial charge in [0.2, 0.25) is 0 Å². The lowest BCUT2D eigenvalue weighted by Crippen LogP contribution is -2.43. The predicted molar refractivity (Wildman–Crippen MR) is 210 cm³/mol. The highest BCUT2D eigenvalue weighted by molar-refractivity contribution is 5.81. The molecule has 54 heavy (non-hydrogen) atoms. The lowest BCUT2D eigenvalue weighted by atomic mass is 9.77. The zero-order chi connectivity index (χ0) is 36.9. The van der Waals surface area contributed by atoms with Gasteiger partial charge in [-0.2, -0.15) is 0 Å². The Hall–Kier alpha value is -6.19. The smallest absolute Gasteiger partial charge is 0.323 e. The molecule has 1 aliphatic heterocycles. The van der Waals surface area contributed by atoms with Crippen LogP contribution in [0, 0.1) is 0 Å². The third-order valence-corrected chi connectivity index (χ3v) is 10.5. The molecule has 8 rings (SSSR count). The van der Waals surface area contributed by atoms with Crippen LogP contribution in [0.5, 0.6) is 0 Å². The van der Waals surface area contributed by atoms with E-state index in [0.717, 1.165) is 75.4 Å². The zero-order valence-corrected chi connectivity index (χ0v) is 30.6. The molecule has 0 saturated carbocycles. The van der Waals surface area contributed by atoms with Gasteiger partial charge in [0.05, 0.1) is 12.8 Å². The fourth-order valence-corrected chi connectivity index (χ4v) is 7.86. The molecule has 0 bridgehead atoms. The number of imidazole rings is 1. The zero-order valence-electron chi connectivity index (χ0n) is 30.6. The number of tetrazole rings is 1. The molecule has 0 amide bonds. The van der Waals surface area contributed by atoms with Gasteiger partial charge in [0.1, 0.15) is 17.4 Å². The number of unbranched alkanes of at least 4 members (excludes halogenated alkanes) is 1. The molecule has 1 unspecified atom stereocenters. The Morgan fingerprint density at radius 1 is 0.796 bits per heavy atom. The summed E-state index contributed by atoms with van der Waals surface area (Å²) in [7, 11) is 1.44. The van der Waals surface area contributed by atoms with E-state index in [9.17, 15) is 4.79 Å². The second kappa shape index (κ2) is 15.4. The van der Waals surface area contributed by atoms with Crippen LogP contribution in [0.2, 0.25) is 0 Å². The largest absolute Gasteiger partial charge is 0.468 e. The fourth-order valence-electron chi connectivity index (χ4n) is 7.86. The quantitative estimate of drug-likeness (QED) is 0.103. The number of carbonyl (C=O) groups excluding carboxylic acids is 1. The highest BCUT2D eigenvalue weighted by Gasteiger charge is 2.42. The van der Waals surface area contributed by atoms with Crippen molar-refractivity contribution in [1.29, 1.82) is 0 Å². The van der Waals surface area contributed by atoms with Gasteiger partial charge in [-0.3, -0.25) is 10.1 Å². The van der Waals surface area contributed by atoms with Crippen molar-refractivity contribution < 1.29 is 9.53 Å². The van der Waals surface area contributed by atoms with E-state index in [4.69, 9.17) is 20.0 Å². The van der Waals surface area contributed by atoms with Crippen molar-refractivity contribution >= 4 is 5.97 Å². The molecule has 0 saturated heterocycles. The Bertz CT molecular complexity index is 2240. The van der Waals surface area contributed by atoms with Crippen molar-refractivity contribution in [3.63, 3.8) is 0 Å². The molecule has 7 aromatic rings. The number of benzene rings is 5. The first kappa shape index (κ1) is 34.9. The maximum absolute atomic E-state index is 12.5. The van der Waals surface area contributed by atoms with Crippen LogP contribution >= 0.6 is 0 Å². The van der Waals surface area contributed by atoms with Crippen molar-refractivity contribution in [2.75, 3.05) is 7.11 Å². The molecule has 1 N–H and O–H groups in total. The molecule has 2 aromatic heterocycles. The molecule has 3 heterocycles. The molecule has 1 atom stereocenters. The highest BCUT2D eigenvalue weighted by atomic mass is 16.5. The Kier molecular flexibility index (Phi) is 9.96. The van der Waals surface area contributed by atoms with E-state index in [-0.39, 0.29) is 12.0 Å². The number of ether oxygens (including phenoxy) is 1. The first-order chi connectivity index (χ1) is 26.6. The van der Waals surface area contributed by atoms with E-state index in [1.165, 1.54) is 7.11 Å². The van der Waals surface area contributed by atoms with Gasteiger partial charge in [0, 0.05) is 37.2 Å². The summed E-state index contributed by atoms with van der Waals surface area (Å²) in [5.41, 5.74) is 8.57. The minimum absolute atomic E-state index is 0.244. The number of hydrogen-bond acceptors (Lipinski definition) is 7. The van der Waals surface area contributed by atoms with Gasteiger partial charge in [0.15, 0.2) is 5.82 Å². The van der Waals surface area contributed by atoms with Crippen LogP contribution < -0.4 is 5.32 Å². The van der Waals surface area contributed by atoms with E-state index >= 15 is 0 Å². The van der Waals surface area contributed by atoms with Crippen LogP contribution in [0.25, 0.3) is 22.5 Å². The van der Waals surface area contributed by atoms with Crippen LogP contribution in [0.4, 0.5) is 0 Å². The van der Waals surface area contributed by atoms with Gasteiger partial charge < -0.3 is 9.30 Å². The number of nitrogens with zero attached hydrogens (tertiary/aromatic N) is 6. The molecule has 9 nitrogen and oxygen atoms in total. The molecule has 1 aliphatic rings. The van der Waals surface area contributed by atoms with E-state index < -0.39 is 5.54 Å². The van der Waals surface area contributed by atoms with Crippen LogP contribution in [-0.2, 0) is 41.0 Å². The normalized spacial score (nSPS) is 14.1. The molecule has 9 heteroatoms. The molecular formula is C45H43N7O2. The van der Waals surface area contributed by atoms with Gasteiger partial charge in [-0.1, -0.05) is 153 Å². The first-order valence-electron chi connectivity index (χ1n) is 18.6. The summed E-state index contributed by atoms with van der Waals surface area (Å²) < 4.78 is 9.37. The Morgan fingerprint density at radius 3 is 1.98 bits per heavy atom. The summed E-state index contributed by atoms with van der Waals surface area (Å²) in [6.45, 7) is 3.42. The van der Waals surface area contributed by atoms with Gasteiger partial charge in [0.25, 0.3) is 0 Å². The van der Waals surface area contributed by atoms with E-state index in [1.807, 2.05) is 28.9 Å². The molecular weight excluding hydrogens is 671 g/mol. The van der Waals surface area contributed by atoms with Gasteiger partial charge >= 0.3 is 5.97 Å². The second-order valence-electron chi connectivity index (χ2n) is 13.7. The number of carbonyl (C=O) groups is 1. The average Bonchev–Trinajstić information content (AvgIpc) is 3.86. The minimum atomic E-state index is -0.860. The van der Waals surface area contributed by atoms with E-state index in [0.29, 0.717) is 25.3 Å². The number of rotatable bonds is 12. The van der Waals surface area contributed by atoms with Crippen LogP contribution in [0.1, 0.15) is 59.2 Å². The van der Waals surface area contributed by atoms with Crippen molar-refractivity contribution in [3.05, 3.63) is 179 Å². The molecule has 270 valence electrons. The summed E-state index contributed by atoms with van der Waals surface area (Å²) in [4.78, 5) is 17.5. The number of nitrogens with one attached hydrogen (secondary N) is 1. The second-order valence-corrected chi connectivity index (χ2v) is 13.7. The lowest BCUT2D eigenvalue weighted by Gasteiger charge is -2.36. The number of aromatic nitrogens is 6. The molecule has 0 aliphatic carbocycles. The standard InChI is InChI=1S/C45H43N7O2/c1-3-4-24-42-47-40-30-46-39(44(53)54-2)29-41(40)51(42)31-32-25-27-33(28-26-32)37-22-14-15-23-38(37)43-48-49-50-52(43)45(34-16-8-5-9-17-34,35-18-10-6-11-19-35)36-20-12-7-13-21-36/h5-23,25-28,39,46H,3-4,24,29-31H2,1-2H3. The van der Waals surface area contributed by atoms with E-state index in [2.05, 4.69) is 137 Å². The van der Waals surface area contributed by atoms with Crippen LogP contribution in [0.3, 0.4) is 0 Å². The molecule has 5 aromatic carbocycles. The fraction of sp³-hybridized carbons (Fsp3) is 0.222. The maximum Gasteiger partial charge on any atom is 0.323 e. The average molecular weight is 714 g/mol. The van der Waals surface area contributed by atoms with Gasteiger partial charge in [-0.15, -0.1) is 5.10 Å². The monoisotopic (exact) mass is 713 g/mol. The van der Waals surface area contributed by atoms with Gasteiger partial charge in [-0.25, -0.2) is 9.67 Å². The van der Waals surface area contributed by atoms with Crippen molar-refractivity contribution in [2.24, 2.45) is 0 Å². The summed E-state index contributed by atoms with van der Waals surface area (Å²) in [6.07, 6.45) is 3.58. The summed E-state index contributed by atoms with van der Waals surface area (Å²) in [5, 5.41) is 17.2. The van der Waals surface area contributed by atoms with Gasteiger partial charge in [-0.05, 0) is 50.2 Å². The predicted octanol–water partition coefficient (Wildman–Crippen LogP) is 7.62. The maximum atomic E-state index is 12.5. The Labute approximate surface area is 315 Å². The van der Waals surface area contributed by atoms with Crippen molar-refractivity contribution in [3.8, 4) is 22.5 Å². The van der Waals surface area contributed by atoms with Crippen molar-refractivity contribution in [2.45, 2.75) is 57.3 Å². The number of fused-ring (bicyclic) bond motifs is 1. The SMILES string of the molecule is CCCCc1nc2c(n1Cc1ccc(-c3ccccc3-c3nnnn3C(c3ccccc3)(c3ccccc3)c3ccccc3)cc1)CC(C(=O)OC)NC2. The van der Waals surface area contributed by atoms with Crippen molar-refractivity contribution in [1.82, 2.24) is 35.1 Å². The number of hydrogen-bond donors (Lipinski definition) is 1. The number of aryl methyl sites for hydroxylation is 1. The third-order valence-electron chi connectivity index (χ3n) is 10.5. The Morgan fingerprint density at radius 2 is 1.39 bits per heavy atom. The summed E-state index contributed by atoms with van der Waals surface area (Å²) in [5.74, 6) is 1.48. The minimum Gasteiger partial charge on any atom is -0.468 e. The van der Waals surface area contributed by atoms with Crippen LogP contribution in [-0.4, -0.2) is 48.9 Å². The lowest BCUT2D eigenvalue weighted by molar-refractivity contribution is -0.143. The van der Waals surface area contributed by atoms with E-state index in [1.54, 1.807) is 0 Å². The topological polar surface area (TPSA) is 99.8 Å². The Balaban J connectivity index is 1.19. The van der Waals surface area contributed by atoms with Crippen LogP contribution in [0.15, 0.2) is 140 Å². The number of methoxy groups -OCH3 is 1. The number of esters is 1. The summed E-state index contributed by atoms with van der Waals surface area (Å²) >= 11 is 0. The molecule has 0 spiro atoms. The first-order valence-corrected chi connectivity index (χ1v) is 18.6. The molecule has 0 fully saturated rings.